The van der Waals surface area contributed by atoms with Crippen molar-refractivity contribution in [1.82, 2.24) is 0 Å². The molecule has 0 aromatic rings. The Morgan fingerprint density at radius 2 is 1.33 bits per heavy atom. The molecule has 0 radical (unpaired) electrons. The molecule has 3 unspecified atom stereocenters. The summed E-state index contributed by atoms with van der Waals surface area (Å²) in [6.45, 7) is 0. The Morgan fingerprint density at radius 3 is 1.78 bits per heavy atom. The molecular weight excluding hydrogens is 244 g/mol. The second-order valence-electron chi connectivity index (χ2n) is 5.58. The van der Waals surface area contributed by atoms with Crippen LogP contribution in [0.15, 0.2) is 0 Å². The van der Waals surface area contributed by atoms with E-state index in [-0.39, 0.29) is 17.8 Å². The fourth-order valence-electron chi connectivity index (χ4n) is 4.33. The average molecular weight is 258 g/mol. The first-order chi connectivity index (χ1) is 8.54. The quantitative estimate of drug-likeness (QED) is 0.554. The van der Waals surface area contributed by atoms with Crippen LogP contribution in [0.2, 0.25) is 0 Å². The van der Waals surface area contributed by atoms with Crippen molar-refractivity contribution < 1.29 is 19.8 Å². The predicted molar refractivity (Wildman–Crippen MR) is 56.2 cm³/mol. The first-order valence-electron chi connectivity index (χ1n) is 6.17. The second-order valence-corrected chi connectivity index (χ2v) is 5.58. The van der Waals surface area contributed by atoms with Crippen molar-refractivity contribution >= 4 is 0 Å². The number of nitrogens with zero attached hydrogens (tertiary/aromatic N) is 2. The van der Waals surface area contributed by atoms with Crippen molar-refractivity contribution in [2.24, 2.45) is 23.7 Å². The highest BCUT2D eigenvalue weighted by molar-refractivity contribution is 5.03. The van der Waals surface area contributed by atoms with Crippen LogP contribution in [-0.2, 0) is 9.68 Å². The van der Waals surface area contributed by atoms with Crippen LogP contribution in [0.1, 0.15) is 25.7 Å². The van der Waals surface area contributed by atoms with Crippen LogP contribution in [0.5, 0.6) is 0 Å². The maximum atomic E-state index is 10.5. The first kappa shape index (κ1) is 11.5. The third-order valence-corrected chi connectivity index (χ3v) is 4.67. The van der Waals surface area contributed by atoms with Gasteiger partial charge in [-0.25, -0.2) is 0 Å². The molecule has 4 saturated carbocycles. The van der Waals surface area contributed by atoms with Gasteiger partial charge in [-0.1, -0.05) is 0 Å². The summed E-state index contributed by atoms with van der Waals surface area (Å²) in [7, 11) is 0. The van der Waals surface area contributed by atoms with Gasteiger partial charge in [0.2, 0.25) is 0 Å². The van der Waals surface area contributed by atoms with Crippen LogP contribution in [0.3, 0.4) is 0 Å². The lowest BCUT2D eigenvalue weighted by Gasteiger charge is -2.55. The van der Waals surface area contributed by atoms with E-state index in [4.69, 9.17) is 9.68 Å². The molecule has 4 rings (SSSR count). The molecule has 100 valence electrons. The second kappa shape index (κ2) is 3.96. The van der Waals surface area contributed by atoms with Crippen LogP contribution < -0.4 is 0 Å². The molecule has 18 heavy (non-hydrogen) atoms. The third kappa shape index (κ3) is 1.75. The molecule has 0 aromatic carbocycles. The largest absolute Gasteiger partial charge is 0.310 e. The lowest BCUT2D eigenvalue weighted by Crippen LogP contribution is -2.58. The van der Waals surface area contributed by atoms with Gasteiger partial charge in [0.05, 0.1) is 0 Å². The molecule has 0 aliphatic heterocycles. The lowest BCUT2D eigenvalue weighted by molar-refractivity contribution is -0.789. The Morgan fingerprint density at radius 1 is 0.833 bits per heavy atom. The molecule has 8 heteroatoms. The normalized spacial score (nSPS) is 44.7. The van der Waals surface area contributed by atoms with Gasteiger partial charge in [0.1, 0.15) is 12.2 Å². The van der Waals surface area contributed by atoms with Crippen LogP contribution in [0.4, 0.5) is 0 Å². The van der Waals surface area contributed by atoms with Gasteiger partial charge in [-0.15, -0.1) is 20.2 Å². The van der Waals surface area contributed by atoms with E-state index in [0.29, 0.717) is 5.92 Å². The van der Waals surface area contributed by atoms with Gasteiger partial charge in [-0.2, -0.15) is 0 Å². The molecule has 4 aliphatic carbocycles. The minimum Gasteiger partial charge on any atom is -0.310 e. The van der Waals surface area contributed by atoms with Crippen LogP contribution in [0.25, 0.3) is 0 Å². The molecular formula is C10H14N2O6. The van der Waals surface area contributed by atoms with E-state index in [1.54, 1.807) is 0 Å². The van der Waals surface area contributed by atoms with Crippen LogP contribution in [-0.4, -0.2) is 22.4 Å². The zero-order valence-corrected chi connectivity index (χ0v) is 9.64. The van der Waals surface area contributed by atoms with Gasteiger partial charge in [-0.05, 0) is 43.4 Å². The van der Waals surface area contributed by atoms with Gasteiger partial charge in [0.15, 0.2) is 0 Å². The third-order valence-electron chi connectivity index (χ3n) is 4.67. The van der Waals surface area contributed by atoms with Crippen LogP contribution >= 0.6 is 0 Å². The van der Waals surface area contributed by atoms with E-state index in [1.807, 2.05) is 0 Å². The van der Waals surface area contributed by atoms with E-state index in [1.165, 1.54) is 0 Å². The molecule has 0 spiro atoms. The summed E-state index contributed by atoms with van der Waals surface area (Å²) in [5.74, 6) is 0.628. The maximum absolute atomic E-state index is 10.5. The van der Waals surface area contributed by atoms with Crippen molar-refractivity contribution in [1.29, 1.82) is 0 Å². The van der Waals surface area contributed by atoms with E-state index in [0.717, 1.165) is 25.7 Å². The fourth-order valence-corrected chi connectivity index (χ4v) is 4.33. The topological polar surface area (TPSA) is 105 Å². The van der Waals surface area contributed by atoms with Crippen molar-refractivity contribution in [2.75, 3.05) is 0 Å². The molecule has 4 bridgehead atoms. The zero-order chi connectivity index (χ0) is 12.9. The Balaban J connectivity index is 1.81. The minimum atomic E-state index is -0.782. The summed E-state index contributed by atoms with van der Waals surface area (Å²) in [4.78, 5) is 30.6. The zero-order valence-electron chi connectivity index (χ0n) is 9.64. The summed E-state index contributed by atoms with van der Waals surface area (Å²) >= 11 is 0. The highest BCUT2D eigenvalue weighted by Gasteiger charge is 2.56. The van der Waals surface area contributed by atoms with E-state index in [9.17, 15) is 20.2 Å². The fraction of sp³-hybridized carbons (Fsp3) is 1.00. The predicted octanol–water partition coefficient (Wildman–Crippen LogP) is 1.21. The summed E-state index contributed by atoms with van der Waals surface area (Å²) in [5.41, 5.74) is 0. The maximum Gasteiger partial charge on any atom is 0.294 e. The molecule has 0 saturated heterocycles. The van der Waals surface area contributed by atoms with Crippen LogP contribution in [0, 0.1) is 43.9 Å². The van der Waals surface area contributed by atoms with Gasteiger partial charge in [0.25, 0.3) is 10.2 Å². The smallest absolute Gasteiger partial charge is 0.294 e. The van der Waals surface area contributed by atoms with E-state index >= 15 is 0 Å². The molecule has 0 amide bonds. The summed E-state index contributed by atoms with van der Waals surface area (Å²) in [6, 6.07) is 0. The van der Waals surface area contributed by atoms with Gasteiger partial charge in [-0.3, -0.25) is 0 Å². The first-order valence-corrected chi connectivity index (χ1v) is 6.17. The van der Waals surface area contributed by atoms with Gasteiger partial charge in [0, 0.05) is 5.92 Å². The molecule has 0 aromatic heterocycles. The Labute approximate surface area is 102 Å². The summed E-state index contributed by atoms with van der Waals surface area (Å²) < 4.78 is 0. The molecule has 8 nitrogen and oxygen atoms in total. The number of hydrogen-bond donors (Lipinski definition) is 0. The highest BCUT2D eigenvalue weighted by Crippen LogP contribution is 2.55. The molecule has 0 heterocycles. The molecule has 4 aliphatic rings. The standard InChI is InChI=1S/C10H14N2O6/c13-11(14)17-9-6-1-5-2-7(4-6)10(8(9)3-5)18-12(15)16/h5-10H,1-4H2/t5?,6-,7+,8?,9-,10?/m0/s1. The minimum absolute atomic E-state index is 0.157. The SMILES string of the molecule is O=[N+]([O-])OC1C2CC3C[C@@H]1C[C@H](C3)[C@@H]2O[N+](=O)[O-]. The summed E-state index contributed by atoms with van der Waals surface area (Å²) in [5, 5.41) is 19.5. The molecule has 6 atom stereocenters. The highest BCUT2D eigenvalue weighted by atomic mass is 17.0. The van der Waals surface area contributed by atoms with Crippen molar-refractivity contribution in [3.05, 3.63) is 20.2 Å². The molecule has 0 N–H and O–H groups in total. The Kier molecular flexibility index (Phi) is 2.53. The Hall–Kier alpha value is -1.60. The van der Waals surface area contributed by atoms with Crippen molar-refractivity contribution in [3.63, 3.8) is 0 Å². The summed E-state index contributed by atoms with van der Waals surface area (Å²) in [6.07, 6.45) is 2.30. The molecule has 4 fully saturated rings. The monoisotopic (exact) mass is 258 g/mol. The lowest BCUT2D eigenvalue weighted by atomic mass is 9.53. The number of hydrogen-bond acceptors (Lipinski definition) is 6. The number of rotatable bonds is 4. The Bertz CT molecular complexity index is 357. The van der Waals surface area contributed by atoms with E-state index < -0.39 is 22.4 Å². The van der Waals surface area contributed by atoms with Crippen molar-refractivity contribution in [2.45, 2.75) is 37.9 Å². The van der Waals surface area contributed by atoms with Crippen molar-refractivity contribution in [3.8, 4) is 0 Å². The van der Waals surface area contributed by atoms with E-state index in [2.05, 4.69) is 0 Å². The van der Waals surface area contributed by atoms with Gasteiger partial charge >= 0.3 is 0 Å². The average Bonchev–Trinajstić information content (AvgIpc) is 2.27. The van der Waals surface area contributed by atoms with Gasteiger partial charge < -0.3 is 9.68 Å².